The number of carbonyl (C=O) groups is 6. The number of aromatic amines is 1. The van der Waals surface area contributed by atoms with Crippen molar-refractivity contribution in [3.63, 3.8) is 0 Å². The number of rotatable bonds is 21. The number of anilines is 2. The maximum absolute atomic E-state index is 16.6. The zero-order valence-electron chi connectivity index (χ0n) is 44.1. The van der Waals surface area contributed by atoms with Crippen LogP contribution in [0.15, 0.2) is 58.8 Å². The summed E-state index contributed by atoms with van der Waals surface area (Å²) in [5.41, 5.74) is 9.87. The summed E-state index contributed by atoms with van der Waals surface area (Å²) in [6, 6.07) is 3.77. The number of phosphoric ester groups is 1. The number of unbranched alkanes of at least 4 members (excludes halogenated alkanes) is 2. The van der Waals surface area contributed by atoms with Crippen LogP contribution < -0.4 is 48.9 Å². The summed E-state index contributed by atoms with van der Waals surface area (Å²) < 4.78 is 97.1. The van der Waals surface area contributed by atoms with Gasteiger partial charge in [0.2, 0.25) is 17.7 Å². The van der Waals surface area contributed by atoms with E-state index in [1.54, 1.807) is 13.8 Å². The molecule has 0 bridgehead atoms. The van der Waals surface area contributed by atoms with E-state index >= 15 is 13.3 Å². The van der Waals surface area contributed by atoms with Crippen molar-refractivity contribution in [2.75, 3.05) is 37.4 Å². The molecule has 12 atom stereocenters. The molecule has 0 aliphatic carbocycles. The number of imide groups is 1. The van der Waals surface area contributed by atoms with Gasteiger partial charge in [0.25, 0.3) is 13.4 Å². The molecule has 83 heavy (non-hydrogen) atoms. The smallest absolute Gasteiger partial charge is 0.389 e. The van der Waals surface area contributed by atoms with Crippen molar-refractivity contribution in [1.82, 2.24) is 49.9 Å². The van der Waals surface area contributed by atoms with E-state index in [-0.39, 0.29) is 116 Å². The molecule has 36 heteroatoms. The Bertz CT molecular complexity index is 3220. The van der Waals surface area contributed by atoms with Crippen LogP contribution in [0.5, 0.6) is 0 Å². The van der Waals surface area contributed by atoms with Gasteiger partial charge in [0.15, 0.2) is 42.2 Å². The summed E-state index contributed by atoms with van der Waals surface area (Å²) in [5.74, 6) is -3.12. The van der Waals surface area contributed by atoms with Gasteiger partial charge in [-0.15, -0.1) is 0 Å². The summed E-state index contributed by atoms with van der Waals surface area (Å²) in [4.78, 5) is 129. The first kappa shape index (κ1) is 65.1. The minimum Gasteiger partial charge on any atom is -0.756 e. The van der Waals surface area contributed by atoms with E-state index in [9.17, 15) is 47.8 Å². The Labute approximate surface area is 504 Å². The van der Waals surface area contributed by atoms with E-state index in [1.165, 1.54) is 30.7 Å². The standard InChI is InChI=1S/C47H60F2N13O17P2S.Tm/c1-24(2)36(58-30(63)8-4-3-5-17-60-32(65)13-14-33(60)66)43(68)57-27(7-6-16-52-46(51)69)42(67)56-26-11-9-25(10-12-26)21-82-81(73)75-20-29-38(34(48)45(77-29)62-23-55-37-40(50)53-22-54-41(37)62)78-80(71,72)74-19-28-39(79-81)35(49)44(76-28)61-18-15-31(64)59-47(61)70;/h9-13,15,18,22-24,27-29,34-36,38-39,44-45H,3-8,14,16-17,19-21H2,1-2H3,(H,56,67)(H,57,68)(H,58,63)(H,71,72)(H2,50,53,54)(H3,51,52,69)(H,59,64,70);/q-1;/p-1/t27?,28-,29-,34-,35-,36?,38-,39-,44-,45-,81?;/m1./s1. The van der Waals surface area contributed by atoms with Crippen molar-refractivity contribution in [2.45, 2.75) is 126 Å². The number of nitrogens with one attached hydrogen (secondary N) is 5. The van der Waals surface area contributed by atoms with Crippen LogP contribution in [0.2, 0.25) is 0 Å². The molecule has 7 amide bonds. The molecule has 4 aromatic rings. The fourth-order valence-electron chi connectivity index (χ4n) is 9.18. The SMILES string of the molecule is CC(C)C(NC(=O)CCCCCN1C(=O)[CH-]CC1=O)C(=O)NC(CCCNC(N)=O)C(=O)Nc1ccc(CSP2(=O)OC[C@H]3O[C@@H](n4cnc5c(N)ncnc54)[C@H](F)[C@@H]3OP(=O)([O-])OC[C@H]3O[C@@H](n4ccc(=O)[nH]c4=O)[C@H](F)[C@@H]3O2)cc1.[Tm]. The maximum Gasteiger partial charge on any atom is 0.389 e. The molecule has 0 saturated carbocycles. The van der Waals surface area contributed by atoms with Gasteiger partial charge in [-0.3, -0.25) is 58.1 Å². The number of carbonyl (C=O) groups excluding carboxylic acids is 6. The summed E-state index contributed by atoms with van der Waals surface area (Å²) in [6.07, 6.45) is -9.67. The minimum absolute atomic E-state index is 0. The third-order valence-corrected chi connectivity index (χ3v) is 18.0. The van der Waals surface area contributed by atoms with Gasteiger partial charge in [0.05, 0.1) is 25.4 Å². The number of likely N-dealkylation sites (tertiary alicyclic amines) is 1. The predicted octanol–water partition coefficient (Wildman–Crippen LogP) is 1.29. The number of amides is 7. The number of fused-ring (bicyclic) bond motifs is 3. The van der Waals surface area contributed by atoms with E-state index in [1.807, 2.05) is 4.98 Å². The predicted molar refractivity (Wildman–Crippen MR) is 282 cm³/mol. The molecule has 459 valence electrons. The number of nitrogens with two attached hydrogens (primary N) is 2. The number of urea groups is 1. The van der Waals surface area contributed by atoms with E-state index in [0.717, 1.165) is 34.4 Å². The molecule has 4 aliphatic rings. The van der Waals surface area contributed by atoms with Crippen molar-refractivity contribution in [1.29, 1.82) is 0 Å². The van der Waals surface area contributed by atoms with Crippen LogP contribution in [0.25, 0.3) is 11.2 Å². The first-order chi connectivity index (χ1) is 39.0. The quantitative estimate of drug-likeness (QED) is 0.0267. The number of hydrogen-bond acceptors (Lipinski definition) is 22. The first-order valence-electron chi connectivity index (χ1n) is 25.7. The fourth-order valence-corrected chi connectivity index (χ4v) is 13.5. The van der Waals surface area contributed by atoms with Crippen molar-refractivity contribution in [3.05, 3.63) is 82.0 Å². The van der Waals surface area contributed by atoms with Crippen LogP contribution in [-0.2, 0) is 66.4 Å². The number of phosphoric acid groups is 1. The maximum atomic E-state index is 16.6. The summed E-state index contributed by atoms with van der Waals surface area (Å²) in [5, 5.41) is 10.6. The third kappa shape index (κ3) is 16.5. The van der Waals surface area contributed by atoms with Crippen LogP contribution in [0, 0.1) is 49.2 Å². The fraction of sp³-hybridized carbons (Fsp3) is 0.532. The second kappa shape index (κ2) is 28.6. The summed E-state index contributed by atoms with van der Waals surface area (Å²) >= 11 is 0.509. The number of halogens is 2. The van der Waals surface area contributed by atoms with Crippen molar-refractivity contribution < 1.29 is 116 Å². The molecule has 7 heterocycles. The Hall–Kier alpha value is -5.44. The number of nitrogens with zero attached hydrogens (tertiary/aromatic N) is 6. The molecular weight excluding hydrogens is 1320 g/mol. The topological polar surface area (TPSA) is 417 Å². The van der Waals surface area contributed by atoms with Gasteiger partial charge in [0, 0.05) is 80.1 Å². The van der Waals surface area contributed by atoms with E-state index in [0.29, 0.717) is 40.8 Å². The first-order valence-corrected chi connectivity index (χ1v) is 30.3. The molecule has 1 radical (unpaired) electrons. The van der Waals surface area contributed by atoms with Crippen molar-refractivity contribution in [3.8, 4) is 0 Å². The van der Waals surface area contributed by atoms with Crippen LogP contribution in [-0.4, -0.2) is 145 Å². The number of ether oxygens (including phenoxy) is 2. The van der Waals surface area contributed by atoms with E-state index < -0.39 is 130 Å². The number of benzene rings is 1. The second-order valence-electron chi connectivity index (χ2n) is 19.6. The van der Waals surface area contributed by atoms with Gasteiger partial charge < -0.3 is 65.8 Å². The van der Waals surface area contributed by atoms with Gasteiger partial charge in [-0.2, -0.15) is 0 Å². The number of hydrogen-bond donors (Lipinski definition) is 7. The molecule has 0 spiro atoms. The number of imidazole rings is 1. The normalized spacial score (nSPS) is 27.0. The number of aromatic nitrogens is 6. The molecule has 4 fully saturated rings. The van der Waals surface area contributed by atoms with Gasteiger partial charge in [-0.25, -0.2) is 37.9 Å². The summed E-state index contributed by atoms with van der Waals surface area (Å²) in [6.45, 7) is -3.08. The third-order valence-electron chi connectivity index (χ3n) is 13.4. The number of primary amides is 1. The van der Waals surface area contributed by atoms with Crippen LogP contribution in [0.3, 0.4) is 0 Å². The Morgan fingerprint density at radius 3 is 2.24 bits per heavy atom. The van der Waals surface area contributed by atoms with Crippen LogP contribution in [0.1, 0.15) is 76.8 Å². The van der Waals surface area contributed by atoms with E-state index in [4.69, 9.17) is 39.0 Å². The zero-order valence-corrected chi connectivity index (χ0v) is 48.5. The van der Waals surface area contributed by atoms with Crippen LogP contribution >= 0.6 is 26.0 Å². The average molecular weight is 1380 g/mol. The van der Waals surface area contributed by atoms with Crippen LogP contribution in [0.4, 0.5) is 25.1 Å². The number of nitrogen functional groups attached to an aromatic ring is 1. The number of H-pyrrole nitrogens is 1. The average Bonchev–Trinajstić information content (AvgIpc) is 4.29. The molecule has 1 aromatic carbocycles. The van der Waals surface area contributed by atoms with Gasteiger partial charge in [0.1, 0.15) is 48.3 Å². The molecule has 4 aliphatic heterocycles. The molecule has 9 N–H and O–H groups in total. The largest absolute Gasteiger partial charge is 0.756 e. The Morgan fingerprint density at radius 2 is 1.58 bits per heavy atom. The molecule has 4 saturated heterocycles. The van der Waals surface area contributed by atoms with Gasteiger partial charge in [-0.05, 0) is 60.7 Å². The summed E-state index contributed by atoms with van der Waals surface area (Å²) in [7, 11) is -5.56. The monoisotopic (exact) mass is 1380 g/mol. The second-order valence-corrected chi connectivity index (χ2v) is 25.0. The van der Waals surface area contributed by atoms with Crippen molar-refractivity contribution in [2.24, 2.45) is 11.7 Å². The van der Waals surface area contributed by atoms with Gasteiger partial charge >= 0.3 is 18.5 Å². The Morgan fingerprint density at radius 1 is 0.892 bits per heavy atom. The van der Waals surface area contributed by atoms with Crippen molar-refractivity contribution >= 4 is 84.2 Å². The van der Waals surface area contributed by atoms with Gasteiger partial charge in [-0.1, -0.05) is 38.8 Å². The molecule has 8 rings (SSSR count). The molecule has 4 unspecified atom stereocenters. The zero-order chi connectivity index (χ0) is 59.0. The molecule has 30 nitrogen and oxygen atoms in total. The molecular formula is C47H59F2N13O17P2STm-2. The minimum atomic E-state index is -5.56. The number of alkyl halides is 2. The molecule has 3 aromatic heterocycles. The van der Waals surface area contributed by atoms with E-state index in [2.05, 4.69) is 36.2 Å². The Balaban J connectivity index is 0.00000990. The Kier molecular flexibility index (Phi) is 22.5.